The fourth-order valence-electron chi connectivity index (χ4n) is 3.22. The zero-order valence-corrected chi connectivity index (χ0v) is 19.3. The minimum Gasteiger partial charge on any atom is -0.493 e. The smallest absolute Gasteiger partial charge is 0.416 e. The minimum absolute atomic E-state index is 0.00293. The molecule has 1 atom stereocenters. The molecule has 0 aliphatic heterocycles. The third-order valence-corrected chi connectivity index (χ3v) is 4.77. The molecule has 0 radical (unpaired) electrons. The van der Waals surface area contributed by atoms with Crippen molar-refractivity contribution < 1.29 is 36.8 Å². The van der Waals surface area contributed by atoms with Gasteiger partial charge in [-0.15, -0.1) is 0 Å². The molecular formula is C23H23F3N4O5. The highest BCUT2D eigenvalue weighted by Gasteiger charge is 2.31. The van der Waals surface area contributed by atoms with Gasteiger partial charge in [0.25, 0.3) is 11.8 Å². The van der Waals surface area contributed by atoms with Gasteiger partial charge in [0.1, 0.15) is 0 Å². The fraction of sp³-hybridized carbons (Fsp3) is 0.348. The topological polar surface area (TPSA) is 116 Å². The van der Waals surface area contributed by atoms with Gasteiger partial charge in [-0.05, 0) is 36.6 Å². The Balaban J connectivity index is 1.88. The van der Waals surface area contributed by atoms with Gasteiger partial charge in [0.15, 0.2) is 17.3 Å². The second-order valence-corrected chi connectivity index (χ2v) is 7.97. The van der Waals surface area contributed by atoms with E-state index in [4.69, 9.17) is 14.0 Å². The average Bonchev–Trinajstić information content (AvgIpc) is 3.28. The molecule has 0 unspecified atom stereocenters. The molecule has 2 aromatic heterocycles. The molecule has 35 heavy (non-hydrogen) atoms. The maximum Gasteiger partial charge on any atom is 0.416 e. The fourth-order valence-corrected chi connectivity index (χ4v) is 3.22. The number of hydrogen-bond acceptors (Lipinski definition) is 8. The standard InChI is InChI=1S/C23H23F3N4O5/c1-12(2)11-16(28-21(32)18-19(34-13(3)31)17(33-4)9-10-27-18)20-29-22(35-30-20)14-5-7-15(8-6-14)23(24,25)26/h5-10,12,16H,11H2,1-4H3,(H,28,32)/t16-/m0/s1. The van der Waals surface area contributed by atoms with Crippen molar-refractivity contribution in [2.24, 2.45) is 5.92 Å². The third kappa shape index (κ3) is 6.34. The van der Waals surface area contributed by atoms with Gasteiger partial charge in [0.2, 0.25) is 5.75 Å². The third-order valence-electron chi connectivity index (χ3n) is 4.77. The predicted molar refractivity (Wildman–Crippen MR) is 116 cm³/mol. The zero-order valence-electron chi connectivity index (χ0n) is 19.3. The van der Waals surface area contributed by atoms with Crippen molar-refractivity contribution in [1.29, 1.82) is 0 Å². The number of halogens is 3. The first kappa shape index (κ1) is 25.7. The lowest BCUT2D eigenvalue weighted by molar-refractivity contribution is -0.137. The first-order valence-electron chi connectivity index (χ1n) is 10.5. The van der Waals surface area contributed by atoms with Crippen molar-refractivity contribution in [3.8, 4) is 23.0 Å². The van der Waals surface area contributed by atoms with Crippen molar-refractivity contribution in [2.45, 2.75) is 39.4 Å². The Labute approximate surface area is 198 Å². The van der Waals surface area contributed by atoms with Gasteiger partial charge in [-0.1, -0.05) is 19.0 Å². The van der Waals surface area contributed by atoms with E-state index in [0.717, 1.165) is 12.1 Å². The first-order chi connectivity index (χ1) is 16.5. The van der Waals surface area contributed by atoms with Crippen molar-refractivity contribution in [3.05, 3.63) is 53.6 Å². The van der Waals surface area contributed by atoms with Crippen LogP contribution in [-0.4, -0.2) is 34.1 Å². The second kappa shape index (κ2) is 10.5. The number of nitrogens with zero attached hydrogens (tertiary/aromatic N) is 3. The Bertz CT molecular complexity index is 1190. The summed E-state index contributed by atoms with van der Waals surface area (Å²) in [7, 11) is 1.35. The van der Waals surface area contributed by atoms with Gasteiger partial charge in [-0.25, -0.2) is 4.98 Å². The van der Waals surface area contributed by atoms with Gasteiger partial charge in [-0.3, -0.25) is 9.59 Å². The van der Waals surface area contributed by atoms with Gasteiger partial charge in [0.05, 0.1) is 18.7 Å². The monoisotopic (exact) mass is 492 g/mol. The first-order valence-corrected chi connectivity index (χ1v) is 10.5. The van der Waals surface area contributed by atoms with Crippen LogP contribution in [0, 0.1) is 5.92 Å². The molecule has 2 heterocycles. The summed E-state index contributed by atoms with van der Waals surface area (Å²) in [6.07, 6.45) is -2.73. The summed E-state index contributed by atoms with van der Waals surface area (Å²) in [6, 6.07) is 4.99. The van der Waals surface area contributed by atoms with E-state index >= 15 is 0 Å². The minimum atomic E-state index is -4.47. The lowest BCUT2D eigenvalue weighted by Gasteiger charge is -2.18. The number of rotatable bonds is 8. The highest BCUT2D eigenvalue weighted by Crippen LogP contribution is 2.32. The highest BCUT2D eigenvalue weighted by atomic mass is 19.4. The molecule has 1 amide bonds. The van der Waals surface area contributed by atoms with E-state index in [-0.39, 0.29) is 40.4 Å². The number of benzene rings is 1. The van der Waals surface area contributed by atoms with Crippen molar-refractivity contribution in [3.63, 3.8) is 0 Å². The van der Waals surface area contributed by atoms with Crippen molar-refractivity contribution in [2.75, 3.05) is 7.11 Å². The molecule has 0 saturated carbocycles. The molecule has 0 saturated heterocycles. The summed E-state index contributed by atoms with van der Waals surface area (Å²) in [5, 5.41) is 6.67. The summed E-state index contributed by atoms with van der Waals surface area (Å²) in [6.45, 7) is 5.02. The summed E-state index contributed by atoms with van der Waals surface area (Å²) >= 11 is 0. The maximum absolute atomic E-state index is 13.1. The Morgan fingerprint density at radius 1 is 1.14 bits per heavy atom. The summed E-state index contributed by atoms with van der Waals surface area (Å²) < 4.78 is 54.0. The molecule has 9 nitrogen and oxygen atoms in total. The number of aromatic nitrogens is 3. The van der Waals surface area contributed by atoms with Gasteiger partial charge in [0, 0.05) is 24.8 Å². The maximum atomic E-state index is 13.1. The number of ether oxygens (including phenoxy) is 2. The molecule has 0 aliphatic carbocycles. The molecule has 186 valence electrons. The molecule has 1 aromatic carbocycles. The van der Waals surface area contributed by atoms with Gasteiger partial charge >= 0.3 is 12.1 Å². The van der Waals surface area contributed by atoms with Crippen LogP contribution in [0.15, 0.2) is 41.1 Å². The SMILES string of the molecule is COc1ccnc(C(=O)N[C@@H](CC(C)C)c2noc(-c3ccc(C(F)(F)F)cc3)n2)c1OC(C)=O. The quantitative estimate of drug-likeness (QED) is 0.454. The van der Waals surface area contributed by atoms with Crippen LogP contribution < -0.4 is 14.8 Å². The van der Waals surface area contributed by atoms with E-state index in [1.54, 1.807) is 0 Å². The second-order valence-electron chi connectivity index (χ2n) is 7.97. The normalized spacial score (nSPS) is 12.3. The number of carbonyl (C=O) groups is 2. The van der Waals surface area contributed by atoms with E-state index in [2.05, 4.69) is 20.4 Å². The lowest BCUT2D eigenvalue weighted by Crippen LogP contribution is -2.31. The van der Waals surface area contributed by atoms with Crippen LogP contribution in [-0.2, 0) is 11.0 Å². The lowest BCUT2D eigenvalue weighted by atomic mass is 10.0. The average molecular weight is 492 g/mol. The number of alkyl halides is 3. The Morgan fingerprint density at radius 3 is 2.40 bits per heavy atom. The van der Waals surface area contributed by atoms with E-state index in [1.165, 1.54) is 38.4 Å². The summed E-state index contributed by atoms with van der Waals surface area (Å²) in [5.74, 6) is -1.11. The Hall–Kier alpha value is -3.96. The van der Waals surface area contributed by atoms with Crippen molar-refractivity contribution >= 4 is 11.9 Å². The van der Waals surface area contributed by atoms with Gasteiger partial charge in [-0.2, -0.15) is 18.2 Å². The Morgan fingerprint density at radius 2 is 1.83 bits per heavy atom. The predicted octanol–water partition coefficient (Wildman–Crippen LogP) is 4.60. The van der Waals surface area contributed by atoms with Crippen LogP contribution in [0.2, 0.25) is 0 Å². The van der Waals surface area contributed by atoms with Crippen LogP contribution in [0.4, 0.5) is 13.2 Å². The molecule has 0 spiro atoms. The Kier molecular flexibility index (Phi) is 7.72. The molecule has 3 rings (SSSR count). The van der Waals surface area contributed by atoms with Crippen LogP contribution >= 0.6 is 0 Å². The summed E-state index contributed by atoms with van der Waals surface area (Å²) in [4.78, 5) is 32.9. The summed E-state index contributed by atoms with van der Waals surface area (Å²) in [5.41, 5.74) is -0.696. The zero-order chi connectivity index (χ0) is 25.8. The number of amides is 1. The molecule has 0 bridgehead atoms. The van der Waals surface area contributed by atoms with E-state index in [1.807, 2.05) is 13.8 Å². The largest absolute Gasteiger partial charge is 0.493 e. The molecule has 12 heteroatoms. The number of carbonyl (C=O) groups excluding carboxylic acids is 2. The number of pyridine rings is 1. The number of hydrogen-bond donors (Lipinski definition) is 1. The van der Waals surface area contributed by atoms with Crippen LogP contribution in [0.3, 0.4) is 0 Å². The molecule has 3 aromatic rings. The van der Waals surface area contributed by atoms with E-state index in [9.17, 15) is 22.8 Å². The molecule has 1 N–H and O–H groups in total. The van der Waals surface area contributed by atoms with Crippen LogP contribution in [0.25, 0.3) is 11.5 Å². The highest BCUT2D eigenvalue weighted by molar-refractivity contribution is 5.96. The number of nitrogens with one attached hydrogen (secondary N) is 1. The molecular weight excluding hydrogens is 469 g/mol. The molecule has 0 fully saturated rings. The molecule has 0 aliphatic rings. The van der Waals surface area contributed by atoms with Crippen LogP contribution in [0.1, 0.15) is 55.1 Å². The van der Waals surface area contributed by atoms with Gasteiger partial charge < -0.3 is 19.3 Å². The van der Waals surface area contributed by atoms with E-state index < -0.39 is 29.7 Å². The van der Waals surface area contributed by atoms with Crippen LogP contribution in [0.5, 0.6) is 11.5 Å². The van der Waals surface area contributed by atoms with Crippen molar-refractivity contribution in [1.82, 2.24) is 20.4 Å². The van der Waals surface area contributed by atoms with E-state index in [0.29, 0.717) is 6.42 Å². The number of methoxy groups -OCH3 is 1. The number of esters is 1.